The van der Waals surface area contributed by atoms with E-state index in [1.807, 2.05) is 19.9 Å². The van der Waals surface area contributed by atoms with Crippen molar-refractivity contribution < 1.29 is 18.5 Å². The first-order valence-electron chi connectivity index (χ1n) is 10.1. The lowest BCUT2D eigenvalue weighted by molar-refractivity contribution is -0.130. The van der Waals surface area contributed by atoms with Crippen molar-refractivity contribution in [1.82, 2.24) is 20.8 Å². The van der Waals surface area contributed by atoms with Gasteiger partial charge in [-0.1, -0.05) is 49.3 Å². The van der Waals surface area contributed by atoms with Crippen molar-refractivity contribution in [3.05, 3.63) is 71.9 Å². The first-order chi connectivity index (χ1) is 14.8. The van der Waals surface area contributed by atoms with E-state index >= 15 is 0 Å². The van der Waals surface area contributed by atoms with Crippen LogP contribution in [-0.4, -0.2) is 22.0 Å². The molecular weight excluding hydrogens is 399 g/mol. The minimum absolute atomic E-state index is 0.168. The number of carbonyl (C=O) groups excluding carboxylic acids is 2. The molecule has 1 aromatic heterocycles. The molecule has 2 aromatic carbocycles. The fraction of sp³-hybridized carbons (Fsp3) is 0.304. The summed E-state index contributed by atoms with van der Waals surface area (Å²) < 4.78 is 18.4. The van der Waals surface area contributed by atoms with Crippen LogP contribution in [0.5, 0.6) is 0 Å². The van der Waals surface area contributed by atoms with Crippen LogP contribution in [0.3, 0.4) is 0 Å². The van der Waals surface area contributed by atoms with Crippen molar-refractivity contribution >= 4 is 11.8 Å². The Morgan fingerprint density at radius 1 is 1.00 bits per heavy atom. The molecule has 0 aliphatic heterocycles. The number of rotatable bonds is 8. The van der Waals surface area contributed by atoms with Crippen molar-refractivity contribution in [3.8, 4) is 11.4 Å². The summed E-state index contributed by atoms with van der Waals surface area (Å²) >= 11 is 0. The van der Waals surface area contributed by atoms with Gasteiger partial charge in [0, 0.05) is 12.0 Å². The fourth-order valence-corrected chi connectivity index (χ4v) is 3.02. The molecule has 31 heavy (non-hydrogen) atoms. The molecule has 2 atom stereocenters. The van der Waals surface area contributed by atoms with Gasteiger partial charge in [0.25, 0.3) is 0 Å². The van der Waals surface area contributed by atoms with Gasteiger partial charge in [-0.15, -0.1) is 0 Å². The monoisotopic (exact) mass is 424 g/mol. The first kappa shape index (κ1) is 22.1. The lowest BCUT2D eigenvalue weighted by Crippen LogP contribution is -2.41. The molecule has 3 aromatic rings. The molecule has 3 rings (SSSR count). The number of amides is 2. The van der Waals surface area contributed by atoms with Crippen molar-refractivity contribution in [2.75, 3.05) is 0 Å². The van der Waals surface area contributed by atoms with E-state index in [2.05, 4.69) is 20.8 Å². The van der Waals surface area contributed by atoms with Crippen LogP contribution in [0.1, 0.15) is 50.7 Å². The summed E-state index contributed by atoms with van der Waals surface area (Å²) in [6, 6.07) is 13.3. The second-order valence-electron chi connectivity index (χ2n) is 7.70. The average Bonchev–Trinajstić information content (AvgIpc) is 3.23. The zero-order chi connectivity index (χ0) is 22.4. The van der Waals surface area contributed by atoms with E-state index in [9.17, 15) is 14.0 Å². The Labute approximate surface area is 180 Å². The predicted molar refractivity (Wildman–Crippen MR) is 113 cm³/mol. The topological polar surface area (TPSA) is 97.1 Å². The van der Waals surface area contributed by atoms with Crippen molar-refractivity contribution in [1.29, 1.82) is 0 Å². The molecule has 1 heterocycles. The van der Waals surface area contributed by atoms with E-state index in [-0.39, 0.29) is 23.5 Å². The summed E-state index contributed by atoms with van der Waals surface area (Å²) in [5, 5.41) is 9.52. The van der Waals surface area contributed by atoms with Gasteiger partial charge in [0.2, 0.25) is 23.5 Å². The van der Waals surface area contributed by atoms with Crippen LogP contribution in [0.25, 0.3) is 11.4 Å². The molecular formula is C23H25FN4O3. The number of hydrogen-bond donors (Lipinski definition) is 2. The van der Waals surface area contributed by atoms with Gasteiger partial charge in [0.05, 0.1) is 0 Å². The molecule has 0 aliphatic rings. The standard InChI is InChI=1S/C23H25FN4O3/c1-14(2)13-19(29)26-20(16-7-5-4-6-8-16)22(30)25-15(3)23-27-21(28-31-23)17-9-11-18(24)12-10-17/h4-12,14-15,20H,13H2,1-3H3,(H,25,30)(H,26,29). The van der Waals surface area contributed by atoms with Crippen LogP contribution in [0.2, 0.25) is 0 Å². The summed E-state index contributed by atoms with van der Waals surface area (Å²) in [7, 11) is 0. The second kappa shape index (κ2) is 9.97. The minimum atomic E-state index is -0.852. The van der Waals surface area contributed by atoms with Gasteiger partial charge in [-0.25, -0.2) is 4.39 Å². The third kappa shape index (κ3) is 5.97. The van der Waals surface area contributed by atoms with Crippen LogP contribution in [0, 0.1) is 11.7 Å². The summed E-state index contributed by atoms with van der Waals surface area (Å²) in [6.45, 7) is 5.58. The smallest absolute Gasteiger partial charge is 0.249 e. The van der Waals surface area contributed by atoms with Gasteiger partial charge in [0.15, 0.2) is 0 Å². The van der Waals surface area contributed by atoms with Gasteiger partial charge in [-0.2, -0.15) is 4.98 Å². The number of aromatic nitrogens is 2. The lowest BCUT2D eigenvalue weighted by Gasteiger charge is -2.21. The zero-order valence-corrected chi connectivity index (χ0v) is 17.6. The molecule has 0 radical (unpaired) electrons. The van der Waals surface area contributed by atoms with Crippen LogP contribution < -0.4 is 10.6 Å². The number of nitrogens with one attached hydrogen (secondary N) is 2. The van der Waals surface area contributed by atoms with E-state index in [0.29, 0.717) is 23.4 Å². The normalized spacial score (nSPS) is 12.9. The zero-order valence-electron chi connectivity index (χ0n) is 17.6. The van der Waals surface area contributed by atoms with Crippen molar-refractivity contribution in [3.63, 3.8) is 0 Å². The van der Waals surface area contributed by atoms with Crippen LogP contribution in [-0.2, 0) is 9.59 Å². The van der Waals surface area contributed by atoms with Crippen molar-refractivity contribution in [2.45, 2.75) is 39.3 Å². The van der Waals surface area contributed by atoms with E-state index in [0.717, 1.165) is 0 Å². The van der Waals surface area contributed by atoms with Gasteiger partial charge >= 0.3 is 0 Å². The number of benzene rings is 2. The number of hydrogen-bond acceptors (Lipinski definition) is 5. The molecule has 2 N–H and O–H groups in total. The number of nitrogens with zero attached hydrogens (tertiary/aromatic N) is 2. The Balaban J connectivity index is 1.73. The van der Waals surface area contributed by atoms with E-state index < -0.39 is 18.0 Å². The fourth-order valence-electron chi connectivity index (χ4n) is 3.02. The highest BCUT2D eigenvalue weighted by molar-refractivity contribution is 5.88. The molecule has 8 heteroatoms. The molecule has 2 unspecified atom stereocenters. The molecule has 0 saturated carbocycles. The summed E-state index contributed by atoms with van der Waals surface area (Å²) in [4.78, 5) is 29.6. The Bertz CT molecular complexity index is 1020. The highest BCUT2D eigenvalue weighted by Gasteiger charge is 2.26. The van der Waals surface area contributed by atoms with Crippen LogP contribution >= 0.6 is 0 Å². The Hall–Kier alpha value is -3.55. The Kier molecular flexibility index (Phi) is 7.12. The second-order valence-corrected chi connectivity index (χ2v) is 7.70. The van der Waals surface area contributed by atoms with Gasteiger partial charge in [0.1, 0.15) is 17.9 Å². The third-order valence-corrected chi connectivity index (χ3v) is 4.57. The highest BCUT2D eigenvalue weighted by Crippen LogP contribution is 2.20. The van der Waals surface area contributed by atoms with Crippen molar-refractivity contribution in [2.24, 2.45) is 5.92 Å². The first-order valence-corrected chi connectivity index (χ1v) is 10.1. The molecule has 7 nitrogen and oxygen atoms in total. The number of halogens is 1. The molecule has 0 saturated heterocycles. The summed E-state index contributed by atoms with van der Waals surface area (Å²) in [5.74, 6) is -0.296. The maximum atomic E-state index is 13.1. The van der Waals surface area contributed by atoms with E-state index in [1.165, 1.54) is 12.1 Å². The lowest BCUT2D eigenvalue weighted by atomic mass is 10.0. The maximum absolute atomic E-state index is 13.1. The highest BCUT2D eigenvalue weighted by atomic mass is 19.1. The van der Waals surface area contributed by atoms with Gasteiger partial charge < -0.3 is 15.2 Å². The average molecular weight is 424 g/mol. The van der Waals surface area contributed by atoms with Crippen LogP contribution in [0.4, 0.5) is 4.39 Å². The summed E-state index contributed by atoms with van der Waals surface area (Å²) in [5.41, 5.74) is 1.26. The predicted octanol–water partition coefficient (Wildman–Crippen LogP) is 3.96. The Morgan fingerprint density at radius 3 is 2.32 bits per heavy atom. The van der Waals surface area contributed by atoms with Crippen LogP contribution in [0.15, 0.2) is 59.1 Å². The SMILES string of the molecule is CC(C)CC(=O)NC(C(=O)NC(C)c1nc(-c2ccc(F)cc2)no1)c1ccccc1. The van der Waals surface area contributed by atoms with E-state index in [4.69, 9.17) is 4.52 Å². The molecule has 0 aliphatic carbocycles. The number of carbonyl (C=O) groups is 2. The molecule has 162 valence electrons. The van der Waals surface area contributed by atoms with E-state index in [1.54, 1.807) is 43.3 Å². The van der Waals surface area contributed by atoms with Gasteiger partial charge in [-0.05, 0) is 42.7 Å². The quantitative estimate of drug-likeness (QED) is 0.571. The molecule has 2 amide bonds. The third-order valence-electron chi connectivity index (χ3n) is 4.57. The molecule has 0 fully saturated rings. The minimum Gasteiger partial charge on any atom is -0.342 e. The maximum Gasteiger partial charge on any atom is 0.249 e. The largest absolute Gasteiger partial charge is 0.342 e. The van der Waals surface area contributed by atoms with Gasteiger partial charge in [-0.3, -0.25) is 9.59 Å². The summed E-state index contributed by atoms with van der Waals surface area (Å²) in [6.07, 6.45) is 0.316. The molecule has 0 bridgehead atoms. The molecule has 0 spiro atoms. The Morgan fingerprint density at radius 2 is 1.68 bits per heavy atom.